The Morgan fingerprint density at radius 3 is 2.67 bits per heavy atom. The maximum Gasteiger partial charge on any atom is 0.144 e. The molecule has 0 aliphatic rings. The number of carbonyl (C=O) groups is 1. The van der Waals surface area contributed by atoms with Crippen LogP contribution in [-0.2, 0) is 4.79 Å². The summed E-state index contributed by atoms with van der Waals surface area (Å²) in [4.78, 5) is 10.1. The van der Waals surface area contributed by atoms with Crippen molar-refractivity contribution in [2.24, 2.45) is 0 Å². The molecule has 0 aliphatic heterocycles. The fourth-order valence-corrected chi connectivity index (χ4v) is 1.26. The predicted octanol–water partition coefficient (Wildman–Crippen LogP) is 2.68. The number of allylic oxidation sites excluding steroid dienone is 1. The molecule has 0 fully saturated rings. The van der Waals surface area contributed by atoms with Crippen molar-refractivity contribution < 1.29 is 9.21 Å². The second kappa shape index (κ2) is 3.59. The van der Waals surface area contributed by atoms with Crippen LogP contribution in [0.1, 0.15) is 17.1 Å². The quantitative estimate of drug-likeness (QED) is 0.523. The number of carbonyl (C=O) groups excluding carboxylic acids is 1. The number of aryl methyl sites for hydroxylation is 2. The topological polar surface area (TPSA) is 30.2 Å². The van der Waals surface area contributed by atoms with Crippen LogP contribution in [0.3, 0.4) is 0 Å². The van der Waals surface area contributed by atoms with Gasteiger partial charge in [0.25, 0.3) is 0 Å². The monoisotopic (exact) mass is 184 g/mol. The molecule has 64 valence electrons. The van der Waals surface area contributed by atoms with Crippen molar-refractivity contribution >= 4 is 22.9 Å². The van der Waals surface area contributed by atoms with Crippen molar-refractivity contribution in [3.05, 3.63) is 29.2 Å². The van der Waals surface area contributed by atoms with E-state index in [1.54, 1.807) is 6.07 Å². The maximum absolute atomic E-state index is 10.1. The molecule has 0 spiro atoms. The van der Waals surface area contributed by atoms with Crippen molar-refractivity contribution in [3.63, 3.8) is 0 Å². The van der Waals surface area contributed by atoms with Crippen LogP contribution in [0.25, 0.3) is 5.03 Å². The summed E-state index contributed by atoms with van der Waals surface area (Å²) in [5.74, 6) is 1.52. The van der Waals surface area contributed by atoms with E-state index < -0.39 is 0 Å². The Labute approximate surface area is 75.8 Å². The number of hydrogen-bond donors (Lipinski definition) is 0. The van der Waals surface area contributed by atoms with E-state index in [2.05, 4.69) is 0 Å². The number of rotatable bonds is 2. The summed E-state index contributed by atoms with van der Waals surface area (Å²) in [5.41, 5.74) is 0.779. The zero-order valence-corrected chi connectivity index (χ0v) is 7.68. The molecule has 1 aromatic rings. The first kappa shape index (κ1) is 9.07. The molecule has 0 aliphatic carbocycles. The van der Waals surface area contributed by atoms with Gasteiger partial charge in [0.1, 0.15) is 17.8 Å². The van der Waals surface area contributed by atoms with E-state index in [1.807, 2.05) is 13.8 Å². The molecule has 1 heterocycles. The highest BCUT2D eigenvalue weighted by Gasteiger charge is 2.06. The number of hydrogen-bond acceptors (Lipinski definition) is 2. The minimum absolute atomic E-state index is 0.416. The summed E-state index contributed by atoms with van der Waals surface area (Å²) in [6, 6.07) is 1.80. The molecule has 3 heteroatoms. The number of halogens is 1. The molecule has 0 radical (unpaired) electrons. The van der Waals surface area contributed by atoms with Gasteiger partial charge in [0.15, 0.2) is 0 Å². The molecule has 0 saturated carbocycles. The van der Waals surface area contributed by atoms with E-state index in [-0.39, 0.29) is 0 Å². The third kappa shape index (κ3) is 1.77. The molecule has 0 N–H and O–H groups in total. The average Bonchev–Trinajstić information content (AvgIpc) is 2.30. The normalized spacial score (nSPS) is 11.8. The molecule has 0 amide bonds. The Balaban J connectivity index is 3.10. The van der Waals surface area contributed by atoms with Gasteiger partial charge in [-0.05, 0) is 26.0 Å². The Morgan fingerprint density at radius 2 is 2.25 bits per heavy atom. The maximum atomic E-state index is 10.1. The number of furan rings is 1. The average molecular weight is 185 g/mol. The third-order valence-corrected chi connectivity index (χ3v) is 1.84. The zero-order chi connectivity index (χ0) is 9.14. The lowest BCUT2D eigenvalue weighted by atomic mass is 10.2. The number of aldehydes is 1. The van der Waals surface area contributed by atoms with E-state index in [9.17, 15) is 4.79 Å². The van der Waals surface area contributed by atoms with Crippen LogP contribution in [-0.4, -0.2) is 6.29 Å². The van der Waals surface area contributed by atoms with Gasteiger partial charge in [0.2, 0.25) is 0 Å². The summed E-state index contributed by atoms with van der Waals surface area (Å²) >= 11 is 5.79. The van der Waals surface area contributed by atoms with Gasteiger partial charge in [-0.25, -0.2) is 0 Å². The Morgan fingerprint density at radius 1 is 1.58 bits per heavy atom. The van der Waals surface area contributed by atoms with E-state index in [4.69, 9.17) is 16.0 Å². The van der Waals surface area contributed by atoms with Crippen molar-refractivity contribution in [1.29, 1.82) is 0 Å². The zero-order valence-electron chi connectivity index (χ0n) is 6.93. The van der Waals surface area contributed by atoms with Crippen molar-refractivity contribution in [3.8, 4) is 0 Å². The molecule has 0 saturated heterocycles. The van der Waals surface area contributed by atoms with Crippen molar-refractivity contribution in [1.82, 2.24) is 0 Å². The highest BCUT2D eigenvalue weighted by atomic mass is 35.5. The fraction of sp³-hybridized carbons (Fsp3) is 0.222. The summed E-state index contributed by atoms with van der Waals surface area (Å²) in [7, 11) is 0. The first-order chi connectivity index (χ1) is 5.65. The lowest BCUT2D eigenvalue weighted by Gasteiger charge is -1.91. The molecule has 1 aromatic heterocycles. The van der Waals surface area contributed by atoms with Crippen LogP contribution in [0.15, 0.2) is 16.6 Å². The minimum atomic E-state index is 0.416. The van der Waals surface area contributed by atoms with E-state index in [0.29, 0.717) is 11.3 Å². The Kier molecular flexibility index (Phi) is 2.71. The van der Waals surface area contributed by atoms with Gasteiger partial charge < -0.3 is 4.42 Å². The summed E-state index contributed by atoms with van der Waals surface area (Å²) in [5, 5.41) is 0.416. The molecule has 2 nitrogen and oxygen atoms in total. The standard InChI is InChI=1S/C9H9ClO2/c1-6-5-8(7(2)12-6)9(10)3-4-11/h3-5H,1-2H3. The first-order valence-corrected chi connectivity index (χ1v) is 3.91. The van der Waals surface area contributed by atoms with Gasteiger partial charge in [-0.1, -0.05) is 11.6 Å². The Hall–Kier alpha value is -1.02. The largest absolute Gasteiger partial charge is 0.466 e. The minimum Gasteiger partial charge on any atom is -0.466 e. The van der Waals surface area contributed by atoms with Crippen LogP contribution in [0.4, 0.5) is 0 Å². The van der Waals surface area contributed by atoms with Crippen LogP contribution in [0.5, 0.6) is 0 Å². The predicted molar refractivity (Wildman–Crippen MR) is 48.1 cm³/mol. The highest BCUT2D eigenvalue weighted by molar-refractivity contribution is 6.49. The summed E-state index contributed by atoms with van der Waals surface area (Å²) in [6.45, 7) is 3.64. The molecular formula is C9H9ClO2. The van der Waals surface area contributed by atoms with Gasteiger partial charge in [0, 0.05) is 5.56 Å². The van der Waals surface area contributed by atoms with Gasteiger partial charge >= 0.3 is 0 Å². The summed E-state index contributed by atoms with van der Waals surface area (Å²) in [6.07, 6.45) is 1.96. The second-order valence-corrected chi connectivity index (χ2v) is 2.88. The van der Waals surface area contributed by atoms with Crippen molar-refractivity contribution in [2.45, 2.75) is 13.8 Å². The van der Waals surface area contributed by atoms with Crippen molar-refractivity contribution in [2.75, 3.05) is 0 Å². The third-order valence-electron chi connectivity index (χ3n) is 1.51. The summed E-state index contributed by atoms with van der Waals surface area (Å²) < 4.78 is 5.24. The molecule has 12 heavy (non-hydrogen) atoms. The fourth-order valence-electron chi connectivity index (χ4n) is 1.02. The second-order valence-electron chi connectivity index (χ2n) is 2.48. The molecule has 0 bridgehead atoms. The van der Waals surface area contributed by atoms with Crippen LogP contribution >= 0.6 is 11.6 Å². The first-order valence-electron chi connectivity index (χ1n) is 3.53. The lowest BCUT2D eigenvalue weighted by molar-refractivity contribution is -0.104. The van der Waals surface area contributed by atoms with Crippen LogP contribution < -0.4 is 0 Å². The van der Waals surface area contributed by atoms with Crippen LogP contribution in [0.2, 0.25) is 0 Å². The van der Waals surface area contributed by atoms with Gasteiger partial charge in [-0.2, -0.15) is 0 Å². The molecular weight excluding hydrogens is 176 g/mol. The SMILES string of the molecule is Cc1cc(C(Cl)=CC=O)c(C)o1. The lowest BCUT2D eigenvalue weighted by Crippen LogP contribution is -1.76. The molecule has 0 aromatic carbocycles. The van der Waals surface area contributed by atoms with E-state index >= 15 is 0 Å². The van der Waals surface area contributed by atoms with Crippen LogP contribution in [0, 0.1) is 13.8 Å². The van der Waals surface area contributed by atoms with Gasteiger partial charge in [-0.15, -0.1) is 0 Å². The molecule has 0 atom stereocenters. The van der Waals surface area contributed by atoms with Gasteiger partial charge in [0.05, 0.1) is 5.03 Å². The molecule has 1 rings (SSSR count). The smallest absolute Gasteiger partial charge is 0.144 e. The highest BCUT2D eigenvalue weighted by Crippen LogP contribution is 2.24. The Bertz CT molecular complexity index is 323. The van der Waals surface area contributed by atoms with E-state index in [0.717, 1.165) is 17.1 Å². The molecule has 0 unspecified atom stereocenters. The van der Waals surface area contributed by atoms with E-state index in [1.165, 1.54) is 6.08 Å². The van der Waals surface area contributed by atoms with Gasteiger partial charge in [-0.3, -0.25) is 4.79 Å².